The molecule has 1 unspecified atom stereocenters. The summed E-state index contributed by atoms with van der Waals surface area (Å²) < 4.78 is 5.19. The van der Waals surface area contributed by atoms with E-state index in [9.17, 15) is 19.8 Å². The Morgan fingerprint density at radius 2 is 2.00 bits per heavy atom. The van der Waals surface area contributed by atoms with Gasteiger partial charge in [0.1, 0.15) is 6.04 Å². The molecule has 0 radical (unpaired) electrons. The molecule has 1 atom stereocenters. The van der Waals surface area contributed by atoms with Gasteiger partial charge >= 0.3 is 11.9 Å². The summed E-state index contributed by atoms with van der Waals surface area (Å²) in [6, 6.07) is 3.21. The highest BCUT2D eigenvalue weighted by molar-refractivity contribution is 5.78. The zero-order valence-corrected chi connectivity index (χ0v) is 11.2. The van der Waals surface area contributed by atoms with Gasteiger partial charge in [-0.05, 0) is 20.0 Å². The van der Waals surface area contributed by atoms with Gasteiger partial charge in [0, 0.05) is 5.56 Å². The van der Waals surface area contributed by atoms with Crippen molar-refractivity contribution in [3.63, 3.8) is 0 Å². The summed E-state index contributed by atoms with van der Waals surface area (Å²) >= 11 is 0. The van der Waals surface area contributed by atoms with Gasteiger partial charge in [-0.15, -0.1) is 0 Å². The molecule has 0 saturated heterocycles. The quantitative estimate of drug-likeness (QED) is 0.683. The highest BCUT2D eigenvalue weighted by Gasteiger charge is 2.29. The minimum atomic E-state index is -1.27. The van der Waals surface area contributed by atoms with Crippen LogP contribution in [0.3, 0.4) is 0 Å². The number of rotatable bonds is 7. The average Bonchev–Trinajstić information content (AvgIpc) is 2.33. The van der Waals surface area contributed by atoms with Crippen LogP contribution in [-0.4, -0.2) is 52.4 Å². The number of nitrogens with zero attached hydrogens (tertiary/aromatic N) is 1. The molecule has 0 saturated carbocycles. The Kier molecular flexibility index (Phi) is 5.33. The summed E-state index contributed by atoms with van der Waals surface area (Å²) in [5, 5.41) is 28.1. The fraction of sp³-hybridized carbons (Fsp3) is 0.385. The van der Waals surface area contributed by atoms with Gasteiger partial charge in [-0.25, -0.2) is 0 Å². The summed E-state index contributed by atoms with van der Waals surface area (Å²) in [5.41, 5.74) is 0.0900. The molecule has 0 aliphatic carbocycles. The smallest absolute Gasteiger partial charge is 0.325 e. The monoisotopic (exact) mass is 283 g/mol. The highest BCUT2D eigenvalue weighted by atomic mass is 16.5. The lowest BCUT2D eigenvalue weighted by atomic mass is 10.0. The molecule has 0 spiro atoms. The first-order valence-corrected chi connectivity index (χ1v) is 5.98. The molecule has 0 aromatic heterocycles. The number of hydrogen-bond acceptors (Lipinski definition) is 5. The summed E-state index contributed by atoms with van der Waals surface area (Å²) in [7, 11) is 1.36. The molecule has 0 aliphatic heterocycles. The Balaban J connectivity index is 3.18. The van der Waals surface area contributed by atoms with Gasteiger partial charge < -0.3 is 20.1 Å². The fourth-order valence-corrected chi connectivity index (χ4v) is 1.90. The molecule has 0 bridgehead atoms. The van der Waals surface area contributed by atoms with Crippen LogP contribution in [0.15, 0.2) is 18.2 Å². The summed E-state index contributed by atoms with van der Waals surface area (Å²) in [6.07, 6.45) is 0. The Bertz CT molecular complexity index is 502. The second-order valence-electron chi connectivity index (χ2n) is 4.18. The van der Waals surface area contributed by atoms with Crippen molar-refractivity contribution in [1.29, 1.82) is 0 Å². The van der Waals surface area contributed by atoms with Crippen LogP contribution in [0.2, 0.25) is 0 Å². The van der Waals surface area contributed by atoms with Gasteiger partial charge in [0.15, 0.2) is 11.5 Å². The second-order valence-corrected chi connectivity index (χ2v) is 4.18. The van der Waals surface area contributed by atoms with Crippen molar-refractivity contribution >= 4 is 11.9 Å². The van der Waals surface area contributed by atoms with E-state index in [1.165, 1.54) is 19.2 Å². The summed E-state index contributed by atoms with van der Waals surface area (Å²) in [4.78, 5) is 23.2. The van der Waals surface area contributed by atoms with Crippen molar-refractivity contribution in [2.75, 3.05) is 20.2 Å². The molecule has 110 valence electrons. The number of likely N-dealkylation sites (N-methyl/N-ethyl adjacent to an activating group) is 1. The van der Waals surface area contributed by atoms with E-state index in [2.05, 4.69) is 0 Å². The number of aromatic hydroxyl groups is 1. The molecular weight excluding hydrogens is 266 g/mol. The van der Waals surface area contributed by atoms with E-state index in [4.69, 9.17) is 9.84 Å². The third kappa shape index (κ3) is 3.61. The molecule has 0 amide bonds. The first-order chi connectivity index (χ1) is 9.38. The van der Waals surface area contributed by atoms with Crippen LogP contribution in [0.1, 0.15) is 18.5 Å². The zero-order valence-electron chi connectivity index (χ0n) is 11.2. The Labute approximate surface area is 116 Å². The first kappa shape index (κ1) is 15.8. The summed E-state index contributed by atoms with van der Waals surface area (Å²) in [5.74, 6) is -2.53. The van der Waals surface area contributed by atoms with E-state index in [-0.39, 0.29) is 17.1 Å². The van der Waals surface area contributed by atoms with Crippen LogP contribution in [0.25, 0.3) is 0 Å². The van der Waals surface area contributed by atoms with Crippen molar-refractivity contribution in [1.82, 2.24) is 4.90 Å². The topological polar surface area (TPSA) is 107 Å². The number of aliphatic carboxylic acids is 2. The number of para-hydroxylation sites is 1. The Morgan fingerprint density at radius 3 is 2.50 bits per heavy atom. The van der Waals surface area contributed by atoms with Crippen molar-refractivity contribution < 1.29 is 29.6 Å². The lowest BCUT2D eigenvalue weighted by molar-refractivity contribution is -0.145. The third-order valence-corrected chi connectivity index (χ3v) is 2.68. The lowest BCUT2D eigenvalue weighted by Crippen LogP contribution is -2.34. The largest absolute Gasteiger partial charge is 0.504 e. The maximum atomic E-state index is 11.4. The van der Waals surface area contributed by atoms with Crippen LogP contribution in [0, 0.1) is 0 Å². The number of carboxylic acids is 2. The number of benzene rings is 1. The minimum absolute atomic E-state index is 0.0900. The predicted molar refractivity (Wildman–Crippen MR) is 69.9 cm³/mol. The molecule has 1 aromatic carbocycles. The standard InChI is InChI=1S/C13H17NO6/c1-3-20-9-6-4-5-8(12(9)17)11(13(18)19)14(2)7-10(15)16/h4-6,11,17H,3,7H2,1-2H3,(H,15,16)(H,18,19). The first-order valence-electron chi connectivity index (χ1n) is 5.98. The number of phenolic OH excluding ortho intramolecular Hbond substituents is 1. The summed E-state index contributed by atoms with van der Waals surface area (Å²) in [6.45, 7) is 1.59. The van der Waals surface area contributed by atoms with Crippen LogP contribution in [0.5, 0.6) is 11.5 Å². The minimum Gasteiger partial charge on any atom is -0.504 e. The molecule has 3 N–H and O–H groups in total. The molecule has 0 heterocycles. The van der Waals surface area contributed by atoms with Crippen molar-refractivity contribution in [3.05, 3.63) is 23.8 Å². The van der Waals surface area contributed by atoms with E-state index in [0.29, 0.717) is 6.61 Å². The second kappa shape index (κ2) is 6.76. The van der Waals surface area contributed by atoms with E-state index in [1.54, 1.807) is 13.0 Å². The Morgan fingerprint density at radius 1 is 1.35 bits per heavy atom. The van der Waals surface area contributed by atoms with Crippen LogP contribution in [0.4, 0.5) is 0 Å². The van der Waals surface area contributed by atoms with Crippen LogP contribution < -0.4 is 4.74 Å². The van der Waals surface area contributed by atoms with Crippen LogP contribution >= 0.6 is 0 Å². The molecule has 1 aromatic rings. The van der Waals surface area contributed by atoms with Gasteiger partial charge in [0.25, 0.3) is 0 Å². The SMILES string of the molecule is CCOc1cccc(C(C(=O)O)N(C)CC(=O)O)c1O. The third-order valence-electron chi connectivity index (χ3n) is 2.68. The maximum Gasteiger partial charge on any atom is 0.325 e. The predicted octanol–water partition coefficient (Wildman–Crippen LogP) is 0.933. The molecule has 20 heavy (non-hydrogen) atoms. The zero-order chi connectivity index (χ0) is 15.3. The number of phenols is 1. The Hall–Kier alpha value is -2.28. The molecule has 7 heteroatoms. The molecular formula is C13H17NO6. The lowest BCUT2D eigenvalue weighted by Gasteiger charge is -2.24. The van der Waals surface area contributed by atoms with E-state index >= 15 is 0 Å². The van der Waals surface area contributed by atoms with Gasteiger partial charge in [0.05, 0.1) is 13.2 Å². The number of carbonyl (C=O) groups is 2. The fourth-order valence-electron chi connectivity index (χ4n) is 1.90. The van der Waals surface area contributed by atoms with Crippen LogP contribution in [-0.2, 0) is 9.59 Å². The highest BCUT2D eigenvalue weighted by Crippen LogP contribution is 2.35. The average molecular weight is 283 g/mol. The van der Waals surface area contributed by atoms with E-state index in [0.717, 1.165) is 4.90 Å². The van der Waals surface area contributed by atoms with Gasteiger partial charge in [-0.1, -0.05) is 12.1 Å². The van der Waals surface area contributed by atoms with E-state index in [1.807, 2.05) is 0 Å². The molecule has 0 aliphatic rings. The maximum absolute atomic E-state index is 11.4. The van der Waals surface area contributed by atoms with Gasteiger partial charge in [-0.2, -0.15) is 0 Å². The molecule has 1 rings (SSSR count). The van der Waals surface area contributed by atoms with Gasteiger partial charge in [-0.3, -0.25) is 14.5 Å². The normalized spacial score (nSPS) is 12.2. The number of carboxylic acid groups (broad SMARTS) is 2. The van der Waals surface area contributed by atoms with E-state index < -0.39 is 24.5 Å². The molecule has 0 fully saturated rings. The number of ether oxygens (including phenoxy) is 1. The van der Waals surface area contributed by atoms with Gasteiger partial charge in [0.2, 0.25) is 0 Å². The van der Waals surface area contributed by atoms with Crippen molar-refractivity contribution in [2.24, 2.45) is 0 Å². The number of hydrogen-bond donors (Lipinski definition) is 3. The van der Waals surface area contributed by atoms with Crippen molar-refractivity contribution in [2.45, 2.75) is 13.0 Å². The van der Waals surface area contributed by atoms with Crippen molar-refractivity contribution in [3.8, 4) is 11.5 Å². The molecule has 7 nitrogen and oxygen atoms in total.